The van der Waals surface area contributed by atoms with Crippen LogP contribution in [0.25, 0.3) is 0 Å². The molecule has 0 atom stereocenters. The van der Waals surface area contributed by atoms with Crippen molar-refractivity contribution < 1.29 is 14.3 Å². The van der Waals surface area contributed by atoms with Crippen molar-refractivity contribution in [2.75, 3.05) is 46.4 Å². The Balaban J connectivity index is 1.38. The summed E-state index contributed by atoms with van der Waals surface area (Å²) in [5.74, 6) is 0.179. The van der Waals surface area contributed by atoms with Gasteiger partial charge in [0, 0.05) is 19.0 Å². The summed E-state index contributed by atoms with van der Waals surface area (Å²) in [5.41, 5.74) is 0. The van der Waals surface area contributed by atoms with Gasteiger partial charge in [-0.2, -0.15) is 0 Å². The van der Waals surface area contributed by atoms with Gasteiger partial charge in [0.2, 0.25) is 5.01 Å². The van der Waals surface area contributed by atoms with E-state index in [0.717, 1.165) is 63.4 Å². The van der Waals surface area contributed by atoms with Crippen molar-refractivity contribution >= 4 is 23.2 Å². The standard InChI is InChI=1S/C17H27N5O3S/c1-25-17(24)13-4-9-22(10-5-13)11-8-19-14(23)16-21-20-15(26-16)12-2-6-18-7-3-12/h12-13,18H,2-11H2,1H3,(H,19,23). The molecule has 2 saturated heterocycles. The first-order valence-electron chi connectivity index (χ1n) is 9.30. The van der Waals surface area contributed by atoms with Crippen molar-refractivity contribution in [3.05, 3.63) is 10.0 Å². The fourth-order valence-electron chi connectivity index (χ4n) is 3.52. The molecule has 0 saturated carbocycles. The second-order valence-electron chi connectivity index (χ2n) is 6.86. The number of carbonyl (C=O) groups excluding carboxylic acids is 2. The number of esters is 1. The summed E-state index contributed by atoms with van der Waals surface area (Å²) in [7, 11) is 1.44. The smallest absolute Gasteiger partial charge is 0.308 e. The van der Waals surface area contributed by atoms with Gasteiger partial charge in [0.25, 0.3) is 5.91 Å². The molecule has 0 aliphatic carbocycles. The van der Waals surface area contributed by atoms with Gasteiger partial charge in [0.1, 0.15) is 5.01 Å². The third-order valence-corrected chi connectivity index (χ3v) is 6.24. The molecule has 0 bridgehead atoms. The number of nitrogens with one attached hydrogen (secondary N) is 2. The summed E-state index contributed by atoms with van der Waals surface area (Å²) >= 11 is 1.41. The lowest BCUT2D eigenvalue weighted by Crippen LogP contribution is -2.41. The predicted octanol–water partition coefficient (Wildman–Crippen LogP) is 0.620. The molecule has 9 heteroatoms. The number of piperidine rings is 2. The maximum absolute atomic E-state index is 12.3. The van der Waals surface area contributed by atoms with Crippen molar-refractivity contribution in [3.8, 4) is 0 Å². The molecule has 2 aliphatic rings. The predicted molar refractivity (Wildman–Crippen MR) is 98.3 cm³/mol. The van der Waals surface area contributed by atoms with Crippen LogP contribution < -0.4 is 10.6 Å². The molecule has 0 spiro atoms. The molecule has 3 rings (SSSR count). The normalized spacial score (nSPS) is 20.0. The van der Waals surface area contributed by atoms with Gasteiger partial charge in [-0.05, 0) is 51.9 Å². The Morgan fingerprint density at radius 1 is 1.23 bits per heavy atom. The van der Waals surface area contributed by atoms with E-state index in [1.807, 2.05) is 0 Å². The number of aromatic nitrogens is 2. The van der Waals surface area contributed by atoms with Crippen LogP contribution >= 0.6 is 11.3 Å². The fraction of sp³-hybridized carbons (Fsp3) is 0.765. The Hall–Kier alpha value is -1.58. The minimum atomic E-state index is -0.146. The lowest BCUT2D eigenvalue weighted by molar-refractivity contribution is -0.147. The molecule has 0 aromatic carbocycles. The number of hydrogen-bond donors (Lipinski definition) is 2. The van der Waals surface area contributed by atoms with Crippen LogP contribution in [0.1, 0.15) is 46.4 Å². The molecule has 144 valence electrons. The van der Waals surface area contributed by atoms with E-state index in [9.17, 15) is 9.59 Å². The van der Waals surface area contributed by atoms with Crippen LogP contribution in [-0.4, -0.2) is 73.4 Å². The van der Waals surface area contributed by atoms with Crippen LogP contribution in [0, 0.1) is 5.92 Å². The van der Waals surface area contributed by atoms with Gasteiger partial charge in [-0.3, -0.25) is 9.59 Å². The second-order valence-corrected chi connectivity index (χ2v) is 7.87. The molecule has 2 fully saturated rings. The number of rotatable bonds is 6. The average molecular weight is 382 g/mol. The van der Waals surface area contributed by atoms with Gasteiger partial charge in [-0.25, -0.2) is 0 Å². The molecule has 2 aliphatic heterocycles. The van der Waals surface area contributed by atoms with Crippen LogP contribution in [0.15, 0.2) is 0 Å². The molecule has 1 aromatic rings. The molecular weight excluding hydrogens is 354 g/mol. The molecular formula is C17H27N5O3S. The van der Waals surface area contributed by atoms with Crippen molar-refractivity contribution in [1.82, 2.24) is 25.7 Å². The lowest BCUT2D eigenvalue weighted by Gasteiger charge is -2.30. The zero-order valence-electron chi connectivity index (χ0n) is 15.2. The summed E-state index contributed by atoms with van der Waals surface area (Å²) < 4.78 is 4.80. The lowest BCUT2D eigenvalue weighted by atomic mass is 9.97. The highest BCUT2D eigenvalue weighted by molar-refractivity contribution is 7.13. The zero-order chi connectivity index (χ0) is 18.4. The van der Waals surface area contributed by atoms with E-state index in [2.05, 4.69) is 25.7 Å². The van der Waals surface area contributed by atoms with Crippen LogP contribution in [0.5, 0.6) is 0 Å². The summed E-state index contributed by atoms with van der Waals surface area (Å²) in [6.07, 6.45) is 3.74. The molecule has 2 N–H and O–H groups in total. The zero-order valence-corrected chi connectivity index (χ0v) is 16.0. The molecule has 3 heterocycles. The average Bonchev–Trinajstić information content (AvgIpc) is 3.19. The highest BCUT2D eigenvalue weighted by Crippen LogP contribution is 2.27. The summed E-state index contributed by atoms with van der Waals surface area (Å²) in [4.78, 5) is 26.1. The molecule has 8 nitrogen and oxygen atoms in total. The van der Waals surface area contributed by atoms with E-state index in [4.69, 9.17) is 4.74 Å². The largest absolute Gasteiger partial charge is 0.469 e. The van der Waals surface area contributed by atoms with E-state index < -0.39 is 0 Å². The molecule has 0 unspecified atom stereocenters. The Morgan fingerprint density at radius 2 is 1.96 bits per heavy atom. The molecule has 1 aromatic heterocycles. The monoisotopic (exact) mass is 381 g/mol. The van der Waals surface area contributed by atoms with Crippen molar-refractivity contribution in [1.29, 1.82) is 0 Å². The first kappa shape index (κ1) is 19.2. The SMILES string of the molecule is COC(=O)C1CCN(CCNC(=O)c2nnc(C3CCNCC3)s2)CC1. The van der Waals surface area contributed by atoms with Crippen LogP contribution in [0.2, 0.25) is 0 Å². The van der Waals surface area contributed by atoms with Gasteiger partial charge in [-0.1, -0.05) is 11.3 Å². The van der Waals surface area contributed by atoms with Gasteiger partial charge < -0.3 is 20.3 Å². The second kappa shape index (κ2) is 9.38. The number of amides is 1. The van der Waals surface area contributed by atoms with Crippen molar-refractivity contribution in [2.45, 2.75) is 31.6 Å². The summed E-state index contributed by atoms with van der Waals surface area (Å²) in [6, 6.07) is 0. The number of ether oxygens (including phenoxy) is 1. The van der Waals surface area contributed by atoms with E-state index >= 15 is 0 Å². The Bertz CT molecular complexity index is 609. The molecule has 26 heavy (non-hydrogen) atoms. The van der Waals surface area contributed by atoms with Crippen molar-refractivity contribution in [2.24, 2.45) is 5.92 Å². The highest BCUT2D eigenvalue weighted by Gasteiger charge is 2.25. The minimum Gasteiger partial charge on any atom is -0.469 e. The number of likely N-dealkylation sites (tertiary alicyclic amines) is 1. The first-order valence-corrected chi connectivity index (χ1v) is 10.1. The third kappa shape index (κ3) is 4.99. The van der Waals surface area contributed by atoms with E-state index in [1.165, 1.54) is 18.4 Å². The third-order valence-electron chi connectivity index (χ3n) is 5.16. The number of methoxy groups -OCH3 is 1. The number of carbonyl (C=O) groups is 2. The van der Waals surface area contributed by atoms with Gasteiger partial charge >= 0.3 is 5.97 Å². The maximum Gasteiger partial charge on any atom is 0.308 e. The number of hydrogen-bond acceptors (Lipinski definition) is 8. The van der Waals surface area contributed by atoms with Crippen LogP contribution in [-0.2, 0) is 9.53 Å². The minimum absolute atomic E-state index is 0.0145. The summed E-state index contributed by atoms with van der Waals surface area (Å²) in [6.45, 7) is 5.06. The molecule has 0 radical (unpaired) electrons. The van der Waals surface area contributed by atoms with Crippen molar-refractivity contribution in [3.63, 3.8) is 0 Å². The first-order chi connectivity index (χ1) is 12.7. The molecule has 1 amide bonds. The maximum atomic E-state index is 12.3. The Labute approximate surface area is 157 Å². The van der Waals surface area contributed by atoms with E-state index in [1.54, 1.807) is 0 Å². The Kier molecular flexibility index (Phi) is 6.93. The van der Waals surface area contributed by atoms with E-state index in [-0.39, 0.29) is 17.8 Å². The van der Waals surface area contributed by atoms with Crippen LogP contribution in [0.4, 0.5) is 0 Å². The topological polar surface area (TPSA) is 96.5 Å². The van der Waals surface area contributed by atoms with Crippen LogP contribution in [0.3, 0.4) is 0 Å². The van der Waals surface area contributed by atoms with Gasteiger partial charge in [0.05, 0.1) is 13.0 Å². The van der Waals surface area contributed by atoms with Gasteiger partial charge in [-0.15, -0.1) is 10.2 Å². The quantitative estimate of drug-likeness (QED) is 0.697. The van der Waals surface area contributed by atoms with E-state index in [0.29, 0.717) is 17.5 Å². The van der Waals surface area contributed by atoms with Gasteiger partial charge in [0.15, 0.2) is 0 Å². The Morgan fingerprint density at radius 3 is 2.65 bits per heavy atom. The summed E-state index contributed by atoms with van der Waals surface area (Å²) in [5, 5.41) is 16.0. The number of nitrogens with zero attached hydrogens (tertiary/aromatic N) is 3. The fourth-order valence-corrected chi connectivity index (χ4v) is 4.45. The highest BCUT2D eigenvalue weighted by atomic mass is 32.1.